The Labute approximate surface area is 118 Å². The zero-order valence-corrected chi connectivity index (χ0v) is 11.5. The van der Waals surface area contributed by atoms with Gasteiger partial charge in [-0.05, 0) is 18.6 Å². The lowest BCUT2D eigenvalue weighted by Gasteiger charge is -2.23. The molecule has 0 radical (unpaired) electrons. The van der Waals surface area contributed by atoms with Crippen molar-refractivity contribution in [2.45, 2.75) is 6.42 Å². The minimum Gasteiger partial charge on any atom is -0.497 e. The molecule has 0 saturated heterocycles. The summed E-state index contributed by atoms with van der Waals surface area (Å²) in [6, 6.07) is 7.28. The molecule has 1 aliphatic heterocycles. The molecule has 1 aromatic rings. The van der Waals surface area contributed by atoms with Gasteiger partial charge in [-0.1, -0.05) is 18.2 Å². The molecule has 1 aromatic carbocycles. The fourth-order valence-corrected chi connectivity index (χ4v) is 1.87. The molecular formula is C14H19N5O. The van der Waals surface area contributed by atoms with Crippen LogP contribution in [0.4, 0.5) is 5.69 Å². The van der Waals surface area contributed by atoms with Gasteiger partial charge in [-0.3, -0.25) is 0 Å². The molecule has 1 heterocycles. The molecule has 0 spiro atoms. The van der Waals surface area contributed by atoms with E-state index in [2.05, 4.69) is 22.1 Å². The van der Waals surface area contributed by atoms with Gasteiger partial charge in [0.25, 0.3) is 0 Å². The molecular weight excluding hydrogens is 254 g/mol. The highest BCUT2D eigenvalue weighted by Gasteiger charge is 2.08. The Hall–Kier alpha value is -2.50. The maximum atomic E-state index is 5.92. The van der Waals surface area contributed by atoms with Gasteiger partial charge in [0.2, 0.25) is 5.96 Å². The van der Waals surface area contributed by atoms with Crippen LogP contribution in [0, 0.1) is 0 Å². The summed E-state index contributed by atoms with van der Waals surface area (Å²) < 4.78 is 5.13. The van der Waals surface area contributed by atoms with Gasteiger partial charge in [0, 0.05) is 19.2 Å². The normalized spacial score (nSPS) is 16.4. The Morgan fingerprint density at radius 1 is 1.30 bits per heavy atom. The third-order valence-corrected chi connectivity index (χ3v) is 2.91. The van der Waals surface area contributed by atoms with E-state index < -0.39 is 0 Å². The summed E-state index contributed by atoms with van der Waals surface area (Å²) in [4.78, 5) is 10.3. The zero-order chi connectivity index (χ0) is 14.4. The second-order valence-electron chi connectivity index (χ2n) is 4.35. The van der Waals surface area contributed by atoms with Crippen molar-refractivity contribution < 1.29 is 4.74 Å². The standard InChI is InChI=1S/C14H19N5O/c1-20-12-7-5-6-11(10-12)17-13(15)18-14(16)19-8-3-2-4-9-19/h2-3,5-7,10H,4,8-9H2,1H3,(H4,15,16,17,18). The van der Waals surface area contributed by atoms with E-state index in [4.69, 9.17) is 16.2 Å². The predicted octanol–water partition coefficient (Wildman–Crippen LogP) is 1.22. The molecule has 20 heavy (non-hydrogen) atoms. The van der Waals surface area contributed by atoms with Crippen LogP contribution in [-0.4, -0.2) is 37.0 Å². The monoisotopic (exact) mass is 273 g/mol. The van der Waals surface area contributed by atoms with Crippen molar-refractivity contribution in [3.05, 3.63) is 36.4 Å². The number of hydrogen-bond acceptors (Lipinski definition) is 2. The van der Waals surface area contributed by atoms with Gasteiger partial charge in [0.1, 0.15) is 5.75 Å². The van der Waals surface area contributed by atoms with E-state index >= 15 is 0 Å². The summed E-state index contributed by atoms with van der Waals surface area (Å²) in [5, 5.41) is 0. The van der Waals surface area contributed by atoms with Gasteiger partial charge in [0.15, 0.2) is 5.96 Å². The lowest BCUT2D eigenvalue weighted by atomic mass is 10.3. The zero-order valence-electron chi connectivity index (χ0n) is 11.5. The van der Waals surface area contributed by atoms with Crippen LogP contribution < -0.4 is 16.2 Å². The Bertz CT molecular complexity index is 550. The van der Waals surface area contributed by atoms with Crippen molar-refractivity contribution in [1.82, 2.24) is 4.90 Å². The Kier molecular flexibility index (Phi) is 4.60. The van der Waals surface area contributed by atoms with E-state index in [-0.39, 0.29) is 5.96 Å². The first kappa shape index (κ1) is 13.9. The molecule has 0 amide bonds. The molecule has 6 nitrogen and oxygen atoms in total. The number of aliphatic imine (C=N–C) groups is 2. The summed E-state index contributed by atoms with van der Waals surface area (Å²) in [5.74, 6) is 1.24. The fraction of sp³-hybridized carbons (Fsp3) is 0.286. The summed E-state index contributed by atoms with van der Waals surface area (Å²) >= 11 is 0. The van der Waals surface area contributed by atoms with Gasteiger partial charge >= 0.3 is 0 Å². The SMILES string of the molecule is COc1cccc(N=C(N)/N=C(\N)N2CC=CCC2)c1. The van der Waals surface area contributed by atoms with E-state index in [0.717, 1.165) is 25.3 Å². The van der Waals surface area contributed by atoms with E-state index in [0.29, 0.717) is 11.6 Å². The minimum atomic E-state index is 0.130. The quantitative estimate of drug-likeness (QED) is 0.481. The number of nitrogens with zero attached hydrogens (tertiary/aromatic N) is 3. The van der Waals surface area contributed by atoms with E-state index in [1.165, 1.54) is 0 Å². The number of guanidine groups is 2. The highest BCUT2D eigenvalue weighted by Crippen LogP contribution is 2.19. The molecule has 0 bridgehead atoms. The average molecular weight is 273 g/mol. The Morgan fingerprint density at radius 2 is 2.15 bits per heavy atom. The van der Waals surface area contributed by atoms with Crippen molar-refractivity contribution in [2.75, 3.05) is 20.2 Å². The van der Waals surface area contributed by atoms with Crippen LogP contribution in [-0.2, 0) is 0 Å². The molecule has 4 N–H and O–H groups in total. The van der Waals surface area contributed by atoms with Crippen LogP contribution in [0.5, 0.6) is 5.75 Å². The number of rotatable bonds is 2. The molecule has 0 atom stereocenters. The predicted molar refractivity (Wildman–Crippen MR) is 81.2 cm³/mol. The largest absolute Gasteiger partial charge is 0.497 e. The van der Waals surface area contributed by atoms with Crippen LogP contribution in [0.1, 0.15) is 6.42 Å². The fourth-order valence-electron chi connectivity index (χ4n) is 1.87. The number of ether oxygens (including phenoxy) is 1. The van der Waals surface area contributed by atoms with Gasteiger partial charge in [-0.15, -0.1) is 0 Å². The first-order valence-corrected chi connectivity index (χ1v) is 6.41. The van der Waals surface area contributed by atoms with Gasteiger partial charge in [-0.2, -0.15) is 4.99 Å². The lowest BCUT2D eigenvalue weighted by Crippen LogP contribution is -2.40. The van der Waals surface area contributed by atoms with Crippen LogP contribution in [0.2, 0.25) is 0 Å². The second kappa shape index (κ2) is 6.60. The Balaban J connectivity index is 2.11. The number of hydrogen-bond donors (Lipinski definition) is 2. The molecule has 0 saturated carbocycles. The van der Waals surface area contributed by atoms with E-state index in [1.54, 1.807) is 13.2 Å². The highest BCUT2D eigenvalue weighted by molar-refractivity contribution is 5.94. The summed E-state index contributed by atoms with van der Waals surface area (Å²) in [6.07, 6.45) is 5.14. The van der Waals surface area contributed by atoms with Crippen molar-refractivity contribution in [1.29, 1.82) is 0 Å². The summed E-state index contributed by atoms with van der Waals surface area (Å²) in [5.41, 5.74) is 12.4. The third kappa shape index (κ3) is 3.74. The first-order valence-electron chi connectivity index (χ1n) is 6.41. The number of benzene rings is 1. The second-order valence-corrected chi connectivity index (χ2v) is 4.35. The lowest BCUT2D eigenvalue weighted by molar-refractivity contribution is 0.415. The molecule has 6 heteroatoms. The average Bonchev–Trinajstić information content (AvgIpc) is 2.48. The third-order valence-electron chi connectivity index (χ3n) is 2.91. The molecule has 0 unspecified atom stereocenters. The van der Waals surface area contributed by atoms with E-state index in [1.807, 2.05) is 23.1 Å². The molecule has 0 aliphatic carbocycles. The molecule has 2 rings (SSSR count). The highest BCUT2D eigenvalue weighted by atomic mass is 16.5. The Morgan fingerprint density at radius 3 is 2.85 bits per heavy atom. The number of methoxy groups -OCH3 is 1. The van der Waals surface area contributed by atoms with Gasteiger partial charge < -0.3 is 21.1 Å². The van der Waals surface area contributed by atoms with E-state index in [9.17, 15) is 0 Å². The summed E-state index contributed by atoms with van der Waals surface area (Å²) in [6.45, 7) is 1.60. The maximum absolute atomic E-state index is 5.92. The van der Waals surface area contributed by atoms with Crippen LogP contribution in [0.25, 0.3) is 0 Å². The molecule has 106 valence electrons. The van der Waals surface area contributed by atoms with Crippen molar-refractivity contribution in [3.63, 3.8) is 0 Å². The maximum Gasteiger partial charge on any atom is 0.223 e. The van der Waals surface area contributed by atoms with Crippen molar-refractivity contribution >= 4 is 17.6 Å². The minimum absolute atomic E-state index is 0.130. The van der Waals surface area contributed by atoms with Crippen LogP contribution >= 0.6 is 0 Å². The smallest absolute Gasteiger partial charge is 0.223 e. The first-order chi connectivity index (χ1) is 9.69. The van der Waals surface area contributed by atoms with Crippen molar-refractivity contribution in [2.24, 2.45) is 21.5 Å². The molecule has 1 aliphatic rings. The molecule has 0 fully saturated rings. The summed E-state index contributed by atoms with van der Waals surface area (Å²) in [7, 11) is 1.60. The van der Waals surface area contributed by atoms with Gasteiger partial charge in [-0.25, -0.2) is 4.99 Å². The van der Waals surface area contributed by atoms with Gasteiger partial charge in [0.05, 0.1) is 12.8 Å². The van der Waals surface area contributed by atoms with Crippen molar-refractivity contribution in [3.8, 4) is 5.75 Å². The van der Waals surface area contributed by atoms with Crippen LogP contribution in [0.3, 0.4) is 0 Å². The topological polar surface area (TPSA) is 89.2 Å². The molecule has 0 aromatic heterocycles. The number of nitrogens with two attached hydrogens (primary N) is 2. The van der Waals surface area contributed by atoms with Crippen LogP contribution in [0.15, 0.2) is 46.4 Å².